The number of hydrogen-bond acceptors (Lipinski definition) is 2. The number of aryl methyl sites for hydroxylation is 1. The van der Waals surface area contributed by atoms with Crippen LogP contribution in [0.3, 0.4) is 0 Å². The largest absolute Gasteiger partial charge is 0.384 e. The normalized spacial score (nSPS) is 9.94. The molecule has 0 amide bonds. The second kappa shape index (κ2) is 5.48. The number of nitrogens with zero attached hydrogens (tertiary/aromatic N) is 2. The van der Waals surface area contributed by atoms with E-state index >= 15 is 0 Å². The SMILES string of the molecule is Cc1ccn(Cc2ccc(F)c(C#CCO)c2)n1. The van der Waals surface area contributed by atoms with Gasteiger partial charge in [0, 0.05) is 6.20 Å². The monoisotopic (exact) mass is 244 g/mol. The molecule has 1 aromatic heterocycles. The Morgan fingerprint density at radius 3 is 2.89 bits per heavy atom. The van der Waals surface area contributed by atoms with Crippen LogP contribution in [-0.4, -0.2) is 21.5 Å². The van der Waals surface area contributed by atoms with Crippen molar-refractivity contribution in [2.24, 2.45) is 0 Å². The first-order valence-electron chi connectivity index (χ1n) is 5.57. The molecule has 0 unspecified atom stereocenters. The molecule has 3 nitrogen and oxygen atoms in total. The molecule has 2 aromatic rings. The van der Waals surface area contributed by atoms with Gasteiger partial charge in [-0.25, -0.2) is 4.39 Å². The number of hydrogen-bond donors (Lipinski definition) is 1. The highest BCUT2D eigenvalue weighted by Gasteiger charge is 2.02. The molecule has 0 fully saturated rings. The minimum Gasteiger partial charge on any atom is -0.384 e. The van der Waals surface area contributed by atoms with E-state index in [1.165, 1.54) is 6.07 Å². The Morgan fingerprint density at radius 2 is 2.22 bits per heavy atom. The van der Waals surface area contributed by atoms with E-state index in [1.54, 1.807) is 16.8 Å². The lowest BCUT2D eigenvalue weighted by molar-refractivity contribution is 0.350. The first-order chi connectivity index (χ1) is 8.69. The first kappa shape index (κ1) is 12.3. The maximum absolute atomic E-state index is 13.4. The van der Waals surface area contributed by atoms with Crippen LogP contribution in [0.4, 0.5) is 4.39 Å². The van der Waals surface area contributed by atoms with E-state index in [1.807, 2.05) is 19.2 Å². The topological polar surface area (TPSA) is 38.0 Å². The minimum absolute atomic E-state index is 0.276. The fourth-order valence-corrected chi connectivity index (χ4v) is 1.64. The molecule has 0 aliphatic heterocycles. The second-order valence-electron chi connectivity index (χ2n) is 3.93. The van der Waals surface area contributed by atoms with Crippen LogP contribution in [0.2, 0.25) is 0 Å². The third-order valence-corrected chi connectivity index (χ3v) is 2.45. The highest BCUT2D eigenvalue weighted by Crippen LogP contribution is 2.11. The highest BCUT2D eigenvalue weighted by atomic mass is 19.1. The fourth-order valence-electron chi connectivity index (χ4n) is 1.64. The van der Waals surface area contributed by atoms with E-state index in [-0.39, 0.29) is 12.4 Å². The number of rotatable bonds is 2. The van der Waals surface area contributed by atoms with E-state index in [2.05, 4.69) is 16.9 Å². The smallest absolute Gasteiger partial charge is 0.138 e. The van der Waals surface area contributed by atoms with Crippen molar-refractivity contribution >= 4 is 0 Å². The molecule has 0 atom stereocenters. The van der Waals surface area contributed by atoms with Crippen molar-refractivity contribution in [3.05, 3.63) is 53.1 Å². The Bertz CT molecular complexity index is 608. The summed E-state index contributed by atoms with van der Waals surface area (Å²) in [6.07, 6.45) is 1.87. The molecule has 92 valence electrons. The molecule has 0 bridgehead atoms. The van der Waals surface area contributed by atoms with Crippen LogP contribution in [-0.2, 0) is 6.54 Å². The molecule has 2 rings (SSSR count). The Morgan fingerprint density at radius 1 is 1.39 bits per heavy atom. The van der Waals surface area contributed by atoms with Gasteiger partial charge in [0.25, 0.3) is 0 Å². The summed E-state index contributed by atoms with van der Waals surface area (Å²) in [5.41, 5.74) is 2.16. The molecule has 0 aliphatic rings. The first-order valence-corrected chi connectivity index (χ1v) is 5.57. The van der Waals surface area contributed by atoms with E-state index in [0.29, 0.717) is 12.1 Å². The Hall–Kier alpha value is -2.12. The van der Waals surface area contributed by atoms with Crippen molar-refractivity contribution in [1.82, 2.24) is 9.78 Å². The summed E-state index contributed by atoms with van der Waals surface area (Å²) in [6.45, 7) is 2.21. The van der Waals surface area contributed by atoms with Crippen molar-refractivity contribution in [2.75, 3.05) is 6.61 Å². The minimum atomic E-state index is -0.378. The lowest BCUT2D eigenvalue weighted by Gasteiger charge is -2.03. The lowest BCUT2D eigenvalue weighted by Crippen LogP contribution is -2.01. The van der Waals surface area contributed by atoms with Crippen molar-refractivity contribution in [2.45, 2.75) is 13.5 Å². The van der Waals surface area contributed by atoms with Crippen LogP contribution in [0.1, 0.15) is 16.8 Å². The average Bonchev–Trinajstić information content (AvgIpc) is 2.75. The third-order valence-electron chi connectivity index (χ3n) is 2.45. The van der Waals surface area contributed by atoms with Crippen LogP contribution in [0.15, 0.2) is 30.5 Å². The van der Waals surface area contributed by atoms with Crippen molar-refractivity contribution in [1.29, 1.82) is 0 Å². The van der Waals surface area contributed by atoms with Crippen LogP contribution in [0.25, 0.3) is 0 Å². The van der Waals surface area contributed by atoms with Gasteiger partial charge in [0.2, 0.25) is 0 Å². The molecule has 1 N–H and O–H groups in total. The van der Waals surface area contributed by atoms with Gasteiger partial charge in [0.05, 0.1) is 17.8 Å². The zero-order chi connectivity index (χ0) is 13.0. The molecule has 0 radical (unpaired) electrons. The number of halogens is 1. The van der Waals surface area contributed by atoms with Gasteiger partial charge in [0.1, 0.15) is 12.4 Å². The zero-order valence-electron chi connectivity index (χ0n) is 10.0. The van der Waals surface area contributed by atoms with Crippen LogP contribution in [0.5, 0.6) is 0 Å². The van der Waals surface area contributed by atoms with E-state index in [4.69, 9.17) is 5.11 Å². The summed E-state index contributed by atoms with van der Waals surface area (Å²) in [4.78, 5) is 0. The summed E-state index contributed by atoms with van der Waals surface area (Å²) in [7, 11) is 0. The lowest BCUT2D eigenvalue weighted by atomic mass is 10.1. The van der Waals surface area contributed by atoms with E-state index in [9.17, 15) is 4.39 Å². The van der Waals surface area contributed by atoms with Gasteiger partial charge in [-0.15, -0.1) is 0 Å². The molecular weight excluding hydrogens is 231 g/mol. The van der Waals surface area contributed by atoms with Gasteiger partial charge >= 0.3 is 0 Å². The fraction of sp³-hybridized carbons (Fsp3) is 0.214. The van der Waals surface area contributed by atoms with Gasteiger partial charge in [-0.2, -0.15) is 5.10 Å². The Labute approximate surface area is 105 Å². The second-order valence-corrected chi connectivity index (χ2v) is 3.93. The van der Waals surface area contributed by atoms with E-state index in [0.717, 1.165) is 11.3 Å². The van der Waals surface area contributed by atoms with Gasteiger partial charge in [-0.05, 0) is 30.7 Å². The quantitative estimate of drug-likeness (QED) is 0.817. The molecule has 1 aromatic carbocycles. The van der Waals surface area contributed by atoms with Gasteiger partial charge in [0.15, 0.2) is 0 Å². The number of aliphatic hydroxyl groups excluding tert-OH is 1. The molecule has 4 heteroatoms. The van der Waals surface area contributed by atoms with Gasteiger partial charge in [-0.1, -0.05) is 17.9 Å². The molecule has 0 spiro atoms. The molecular formula is C14H13FN2O. The maximum atomic E-state index is 13.4. The molecule has 1 heterocycles. The third kappa shape index (κ3) is 2.96. The number of benzene rings is 1. The Balaban J connectivity index is 2.24. The molecule has 0 aliphatic carbocycles. The van der Waals surface area contributed by atoms with Crippen molar-refractivity contribution < 1.29 is 9.50 Å². The maximum Gasteiger partial charge on any atom is 0.138 e. The van der Waals surface area contributed by atoms with Crippen LogP contribution < -0.4 is 0 Å². The average molecular weight is 244 g/mol. The molecule has 0 saturated carbocycles. The highest BCUT2D eigenvalue weighted by molar-refractivity contribution is 5.38. The summed E-state index contributed by atoms with van der Waals surface area (Å²) >= 11 is 0. The predicted molar refractivity (Wildman–Crippen MR) is 66.4 cm³/mol. The van der Waals surface area contributed by atoms with Gasteiger partial charge in [-0.3, -0.25) is 4.68 Å². The van der Waals surface area contributed by atoms with Gasteiger partial charge < -0.3 is 5.11 Å². The summed E-state index contributed by atoms with van der Waals surface area (Å²) in [6, 6.07) is 6.68. The van der Waals surface area contributed by atoms with Crippen LogP contribution >= 0.6 is 0 Å². The number of aliphatic hydroxyl groups is 1. The molecule has 18 heavy (non-hydrogen) atoms. The van der Waals surface area contributed by atoms with Crippen LogP contribution in [0, 0.1) is 24.6 Å². The predicted octanol–water partition coefficient (Wildman–Crippen LogP) is 1.72. The zero-order valence-corrected chi connectivity index (χ0v) is 10.0. The molecule has 0 saturated heterocycles. The standard InChI is InChI=1S/C14H13FN2O/c1-11-6-7-17(16-11)10-12-4-5-14(15)13(9-12)3-2-8-18/h4-7,9,18H,8,10H2,1H3. The Kier molecular flexibility index (Phi) is 3.75. The summed E-state index contributed by atoms with van der Waals surface area (Å²) in [5.74, 6) is 4.65. The van der Waals surface area contributed by atoms with Crippen molar-refractivity contribution in [3.63, 3.8) is 0 Å². The van der Waals surface area contributed by atoms with Crippen molar-refractivity contribution in [3.8, 4) is 11.8 Å². The number of aromatic nitrogens is 2. The van der Waals surface area contributed by atoms with E-state index < -0.39 is 0 Å². The summed E-state index contributed by atoms with van der Waals surface area (Å²) < 4.78 is 15.2. The summed E-state index contributed by atoms with van der Waals surface area (Å²) in [5, 5.41) is 12.9.